The minimum atomic E-state index is -1.55. The summed E-state index contributed by atoms with van der Waals surface area (Å²) in [7, 11) is 0. The van der Waals surface area contributed by atoms with Crippen LogP contribution in [0.25, 0.3) is 0 Å². The van der Waals surface area contributed by atoms with Gasteiger partial charge < -0.3 is 41.3 Å². The summed E-state index contributed by atoms with van der Waals surface area (Å²) < 4.78 is 5.29. The average molecular weight is 746 g/mol. The zero-order valence-corrected chi connectivity index (χ0v) is 30.6. The zero-order valence-electron chi connectivity index (χ0n) is 29.9. The van der Waals surface area contributed by atoms with E-state index in [1.807, 2.05) is 13.8 Å². The van der Waals surface area contributed by atoms with Gasteiger partial charge in [0.05, 0.1) is 35.0 Å². The monoisotopic (exact) mass is 745 g/mol. The quantitative estimate of drug-likeness (QED) is 0.110. The van der Waals surface area contributed by atoms with Gasteiger partial charge in [0.2, 0.25) is 23.6 Å². The molecule has 0 bridgehead atoms. The molecule has 1 aliphatic rings. The lowest BCUT2D eigenvalue weighted by Crippen LogP contribution is -2.61. The molecule has 2 aromatic carbocycles. The third-order valence-electron chi connectivity index (χ3n) is 8.27. The molecule has 0 saturated carbocycles. The third kappa shape index (κ3) is 12.5. The predicted octanol–water partition coefficient (Wildman–Crippen LogP) is 2.38. The first-order valence-corrected chi connectivity index (χ1v) is 17.5. The van der Waals surface area contributed by atoms with Gasteiger partial charge in [-0.05, 0) is 36.8 Å². The topological polar surface area (TPSA) is 221 Å². The van der Waals surface area contributed by atoms with Crippen molar-refractivity contribution in [3.8, 4) is 0 Å². The van der Waals surface area contributed by atoms with Gasteiger partial charge in [0, 0.05) is 31.6 Å². The number of aliphatic hydroxyl groups is 1. The number of non-ortho nitro benzene ring substituents is 1. The van der Waals surface area contributed by atoms with Gasteiger partial charge in [-0.2, -0.15) is 0 Å². The Labute approximate surface area is 307 Å². The number of halogens is 1. The van der Waals surface area contributed by atoms with Crippen molar-refractivity contribution in [2.24, 2.45) is 11.8 Å². The third-order valence-corrected chi connectivity index (χ3v) is 8.58. The number of nitro benzene ring substituents is 1. The maximum absolute atomic E-state index is 13.7. The summed E-state index contributed by atoms with van der Waals surface area (Å²) in [5, 5.41) is 34.9. The number of nitrogens with one attached hydrogen (secondary N) is 5. The van der Waals surface area contributed by atoms with Crippen LogP contribution < -0.4 is 26.6 Å². The molecule has 0 spiro atoms. The van der Waals surface area contributed by atoms with Crippen molar-refractivity contribution in [1.82, 2.24) is 26.2 Å². The highest BCUT2D eigenvalue weighted by molar-refractivity contribution is 6.34. The second-order valence-corrected chi connectivity index (χ2v) is 13.8. The summed E-state index contributed by atoms with van der Waals surface area (Å²) in [4.78, 5) is 79.3. The van der Waals surface area contributed by atoms with E-state index in [-0.39, 0.29) is 41.1 Å². The number of nitrogens with zero attached hydrogens (tertiary/aromatic N) is 2. The van der Waals surface area contributed by atoms with Crippen LogP contribution in [0, 0.1) is 22.0 Å². The molecule has 5 atom stereocenters. The Kier molecular flexibility index (Phi) is 15.8. The lowest BCUT2D eigenvalue weighted by Gasteiger charge is -2.31. The number of nitro groups is 1. The summed E-state index contributed by atoms with van der Waals surface area (Å²) in [6.45, 7) is 10.00. The molecule has 6 amide bonds. The molecule has 1 unspecified atom stereocenters. The number of amides is 6. The first-order chi connectivity index (χ1) is 24.6. The van der Waals surface area contributed by atoms with E-state index in [1.54, 1.807) is 49.1 Å². The molecule has 1 aliphatic heterocycles. The fourth-order valence-corrected chi connectivity index (χ4v) is 5.63. The Morgan fingerprint density at radius 3 is 2.02 bits per heavy atom. The van der Waals surface area contributed by atoms with E-state index >= 15 is 0 Å². The van der Waals surface area contributed by atoms with Gasteiger partial charge in [-0.1, -0.05) is 69.6 Å². The number of benzene rings is 2. The highest BCUT2D eigenvalue weighted by Gasteiger charge is 2.35. The molecular formula is C35H48ClN7O9. The van der Waals surface area contributed by atoms with Crippen LogP contribution >= 0.6 is 11.6 Å². The number of anilines is 1. The van der Waals surface area contributed by atoms with Gasteiger partial charge in [0.25, 0.3) is 5.69 Å². The maximum atomic E-state index is 13.7. The zero-order chi connectivity index (χ0) is 38.5. The molecule has 1 fully saturated rings. The molecule has 3 rings (SSSR count). The Hall–Kier alpha value is -4.80. The fourth-order valence-electron chi connectivity index (χ4n) is 5.41. The molecule has 1 saturated heterocycles. The Bertz CT molecular complexity index is 1570. The molecule has 6 N–H and O–H groups in total. The molecule has 1 heterocycles. The van der Waals surface area contributed by atoms with Crippen molar-refractivity contribution in [1.29, 1.82) is 0 Å². The Balaban J connectivity index is 1.78. The minimum Gasteiger partial charge on any atom is -0.391 e. The number of carbonyl (C=O) groups is 5. The predicted molar refractivity (Wildman–Crippen MR) is 193 cm³/mol. The van der Waals surface area contributed by atoms with E-state index in [0.717, 1.165) is 6.07 Å². The average Bonchev–Trinajstić information content (AvgIpc) is 3.09. The van der Waals surface area contributed by atoms with Crippen LogP contribution in [-0.2, 0) is 30.3 Å². The van der Waals surface area contributed by atoms with Crippen LogP contribution in [0.5, 0.6) is 0 Å². The first kappa shape index (κ1) is 41.6. The summed E-state index contributed by atoms with van der Waals surface area (Å²) in [5.41, 5.74) is 0.464. The van der Waals surface area contributed by atoms with Crippen LogP contribution in [0.4, 0.5) is 16.2 Å². The van der Waals surface area contributed by atoms with Gasteiger partial charge in [-0.15, -0.1) is 0 Å². The summed E-state index contributed by atoms with van der Waals surface area (Å²) in [6.07, 6.45) is -1.26. The molecular weight excluding hydrogens is 698 g/mol. The van der Waals surface area contributed by atoms with Crippen molar-refractivity contribution in [2.75, 3.05) is 31.6 Å². The Morgan fingerprint density at radius 2 is 1.46 bits per heavy atom. The van der Waals surface area contributed by atoms with E-state index in [1.165, 1.54) is 19.1 Å². The molecule has 2 aromatic rings. The number of hydrogen-bond acceptors (Lipinski definition) is 9. The van der Waals surface area contributed by atoms with E-state index in [0.29, 0.717) is 31.9 Å². The largest absolute Gasteiger partial charge is 0.391 e. The smallest absolute Gasteiger partial charge is 0.318 e. The number of hydrogen-bond donors (Lipinski definition) is 6. The number of carbonyl (C=O) groups excluding carboxylic acids is 5. The molecule has 284 valence electrons. The normalized spacial score (nSPS) is 15.8. The molecule has 16 nitrogen and oxygen atoms in total. The molecule has 0 radical (unpaired) electrons. The molecule has 0 aromatic heterocycles. The van der Waals surface area contributed by atoms with Gasteiger partial charge >= 0.3 is 6.03 Å². The van der Waals surface area contributed by atoms with Gasteiger partial charge in [0.1, 0.15) is 24.2 Å². The second-order valence-electron chi connectivity index (χ2n) is 13.3. The lowest BCUT2D eigenvalue weighted by molar-refractivity contribution is -0.384. The number of rotatable bonds is 16. The van der Waals surface area contributed by atoms with Crippen LogP contribution in [0.2, 0.25) is 5.02 Å². The summed E-state index contributed by atoms with van der Waals surface area (Å²) in [5.74, 6) is -3.38. The lowest BCUT2D eigenvalue weighted by atomic mass is 9.99. The fraction of sp³-hybridized carbons (Fsp3) is 0.514. The van der Waals surface area contributed by atoms with Gasteiger partial charge in [0.15, 0.2) is 0 Å². The van der Waals surface area contributed by atoms with Crippen LogP contribution in [0.15, 0.2) is 48.5 Å². The SMILES string of the molecule is CC(C)C[C@H](NC(=O)[C@@H](NC(=O)N1CCOCC1)C(C)C)C(=O)N[C@H](C(=O)N[C@@H](Cc1ccccc1)C(=O)Nc1ccc([N+](=O)[O-])cc1Cl)C(C)O. The standard InChI is InChI=1S/C35H48ClN7O9/c1-20(2)17-27(38-33(47)29(21(3)4)41-35(49)42-13-15-52-16-14-42)32(46)40-30(22(5)44)34(48)39-28(18-23-9-7-6-8-10-23)31(45)37-26-12-11-24(43(50)51)19-25(26)36/h6-12,19-22,27-30,44H,13-18H2,1-5H3,(H,37,45)(H,38,47)(H,39,48)(H,40,46)(H,41,49)/t22?,27-,28-,29-,30-/m0/s1. The summed E-state index contributed by atoms with van der Waals surface area (Å²) >= 11 is 6.19. The highest BCUT2D eigenvalue weighted by atomic mass is 35.5. The van der Waals surface area contributed by atoms with Crippen LogP contribution in [-0.4, -0.2) is 101 Å². The molecule has 17 heteroatoms. The van der Waals surface area contributed by atoms with Crippen LogP contribution in [0.1, 0.15) is 46.6 Å². The van der Waals surface area contributed by atoms with Crippen molar-refractivity contribution in [3.05, 3.63) is 69.2 Å². The van der Waals surface area contributed by atoms with Gasteiger partial charge in [-0.3, -0.25) is 29.3 Å². The number of morpholine rings is 1. The minimum absolute atomic E-state index is 0.00227. The Morgan fingerprint density at radius 1 is 0.846 bits per heavy atom. The van der Waals surface area contributed by atoms with Crippen molar-refractivity contribution in [2.45, 2.75) is 77.7 Å². The van der Waals surface area contributed by atoms with Crippen molar-refractivity contribution in [3.63, 3.8) is 0 Å². The van der Waals surface area contributed by atoms with E-state index < -0.39 is 64.9 Å². The van der Waals surface area contributed by atoms with Crippen molar-refractivity contribution >= 4 is 52.6 Å². The van der Waals surface area contributed by atoms with Crippen LogP contribution in [0.3, 0.4) is 0 Å². The first-order valence-electron chi connectivity index (χ1n) is 17.1. The van der Waals surface area contributed by atoms with E-state index in [9.17, 15) is 39.2 Å². The summed E-state index contributed by atoms with van der Waals surface area (Å²) in [6, 6.07) is 6.93. The van der Waals surface area contributed by atoms with Gasteiger partial charge in [-0.25, -0.2) is 4.79 Å². The second kappa shape index (κ2) is 19.7. The van der Waals surface area contributed by atoms with Crippen molar-refractivity contribution < 1.29 is 38.7 Å². The highest BCUT2D eigenvalue weighted by Crippen LogP contribution is 2.27. The molecule has 0 aliphatic carbocycles. The number of urea groups is 1. The molecule has 52 heavy (non-hydrogen) atoms. The van der Waals surface area contributed by atoms with E-state index in [4.69, 9.17) is 16.3 Å². The maximum Gasteiger partial charge on any atom is 0.318 e. The van der Waals surface area contributed by atoms with E-state index in [2.05, 4.69) is 26.6 Å². The number of aliphatic hydroxyl groups excluding tert-OH is 1. The number of ether oxygens (including phenoxy) is 1.